The van der Waals surface area contributed by atoms with Gasteiger partial charge in [0.2, 0.25) is 0 Å². The molecule has 1 aromatic rings. The van der Waals surface area contributed by atoms with E-state index < -0.39 is 0 Å². The molecule has 1 aromatic carbocycles. The van der Waals surface area contributed by atoms with Gasteiger partial charge in [-0.3, -0.25) is 4.79 Å². The maximum Gasteiger partial charge on any atom is 0.257 e. The number of piperidine rings is 1. The molecule has 0 bridgehead atoms. The summed E-state index contributed by atoms with van der Waals surface area (Å²) >= 11 is 3.39. The molecule has 6 heteroatoms. The number of methoxy groups -OCH3 is 1. The summed E-state index contributed by atoms with van der Waals surface area (Å²) < 4.78 is 12.0. The SMILES string of the molecule is COc1cc(Br)ccc1C(=O)N1CCC(OCCCN)CC1. The second kappa shape index (κ2) is 8.50. The van der Waals surface area contributed by atoms with Gasteiger partial charge in [0.15, 0.2) is 0 Å². The van der Waals surface area contributed by atoms with Crippen LogP contribution in [0.5, 0.6) is 5.75 Å². The molecule has 0 unspecified atom stereocenters. The molecule has 0 saturated carbocycles. The zero-order valence-electron chi connectivity index (χ0n) is 12.9. The number of halogens is 1. The van der Waals surface area contributed by atoms with Gasteiger partial charge in [0.1, 0.15) is 5.75 Å². The fourth-order valence-electron chi connectivity index (χ4n) is 2.57. The topological polar surface area (TPSA) is 64.8 Å². The summed E-state index contributed by atoms with van der Waals surface area (Å²) in [5, 5.41) is 0. The van der Waals surface area contributed by atoms with E-state index in [1.54, 1.807) is 13.2 Å². The number of benzene rings is 1. The lowest BCUT2D eigenvalue weighted by Crippen LogP contribution is -2.41. The Bertz CT molecular complexity index is 502. The number of hydrogen-bond acceptors (Lipinski definition) is 4. The quantitative estimate of drug-likeness (QED) is 0.781. The number of carbonyl (C=O) groups excluding carboxylic acids is 1. The molecule has 1 saturated heterocycles. The normalized spacial score (nSPS) is 15.9. The van der Waals surface area contributed by atoms with E-state index in [0.29, 0.717) is 37.6 Å². The van der Waals surface area contributed by atoms with Gasteiger partial charge in [-0.2, -0.15) is 0 Å². The zero-order chi connectivity index (χ0) is 15.9. The lowest BCUT2D eigenvalue weighted by atomic mass is 10.1. The van der Waals surface area contributed by atoms with E-state index in [-0.39, 0.29) is 12.0 Å². The molecule has 1 aliphatic rings. The predicted octanol–water partition coefficient (Wildman–Crippen LogP) is 2.43. The van der Waals surface area contributed by atoms with Crippen LogP contribution in [0.25, 0.3) is 0 Å². The predicted molar refractivity (Wildman–Crippen MR) is 89.2 cm³/mol. The van der Waals surface area contributed by atoms with Crippen LogP contribution in [0.4, 0.5) is 0 Å². The van der Waals surface area contributed by atoms with Gasteiger partial charge in [-0.15, -0.1) is 0 Å². The summed E-state index contributed by atoms with van der Waals surface area (Å²) in [7, 11) is 1.58. The van der Waals surface area contributed by atoms with Gasteiger partial charge in [-0.25, -0.2) is 0 Å². The van der Waals surface area contributed by atoms with Gasteiger partial charge in [-0.05, 0) is 44.0 Å². The van der Waals surface area contributed by atoms with Crippen molar-refractivity contribution in [1.29, 1.82) is 0 Å². The number of amides is 1. The van der Waals surface area contributed by atoms with Crippen molar-refractivity contribution >= 4 is 21.8 Å². The van der Waals surface area contributed by atoms with E-state index in [9.17, 15) is 4.79 Å². The summed E-state index contributed by atoms with van der Waals surface area (Å²) in [5.74, 6) is 0.616. The highest BCUT2D eigenvalue weighted by Crippen LogP contribution is 2.26. The number of nitrogens with zero attached hydrogens (tertiary/aromatic N) is 1. The summed E-state index contributed by atoms with van der Waals surface area (Å²) in [6, 6.07) is 5.48. The summed E-state index contributed by atoms with van der Waals surface area (Å²) in [5.41, 5.74) is 6.06. The third kappa shape index (κ3) is 4.44. The molecule has 1 heterocycles. The monoisotopic (exact) mass is 370 g/mol. The fourth-order valence-corrected chi connectivity index (χ4v) is 2.91. The molecule has 22 heavy (non-hydrogen) atoms. The Morgan fingerprint density at radius 3 is 2.77 bits per heavy atom. The highest BCUT2D eigenvalue weighted by Gasteiger charge is 2.25. The summed E-state index contributed by atoms with van der Waals surface area (Å²) in [6.45, 7) is 2.78. The van der Waals surface area contributed by atoms with E-state index in [0.717, 1.165) is 23.7 Å². The van der Waals surface area contributed by atoms with Gasteiger partial charge in [0.05, 0.1) is 18.8 Å². The van der Waals surface area contributed by atoms with Crippen molar-refractivity contribution in [2.75, 3.05) is 33.4 Å². The molecule has 122 valence electrons. The first-order valence-electron chi connectivity index (χ1n) is 7.60. The van der Waals surface area contributed by atoms with Crippen LogP contribution in [0.2, 0.25) is 0 Å². The number of ether oxygens (including phenoxy) is 2. The minimum absolute atomic E-state index is 0.0183. The van der Waals surface area contributed by atoms with Crippen LogP contribution in [0.3, 0.4) is 0 Å². The molecular formula is C16H23BrN2O3. The minimum atomic E-state index is 0.0183. The first kappa shape index (κ1) is 17.2. The number of carbonyl (C=O) groups is 1. The van der Waals surface area contributed by atoms with Crippen LogP contribution >= 0.6 is 15.9 Å². The van der Waals surface area contributed by atoms with E-state index >= 15 is 0 Å². The van der Waals surface area contributed by atoms with Crippen molar-refractivity contribution in [3.05, 3.63) is 28.2 Å². The maximum absolute atomic E-state index is 12.6. The molecule has 1 fully saturated rings. The summed E-state index contributed by atoms with van der Waals surface area (Å²) in [4.78, 5) is 14.5. The number of hydrogen-bond donors (Lipinski definition) is 1. The Labute approximate surface area is 139 Å². The molecule has 0 aliphatic carbocycles. The van der Waals surface area contributed by atoms with Gasteiger partial charge in [0.25, 0.3) is 5.91 Å². The Kier molecular flexibility index (Phi) is 6.67. The molecule has 1 aliphatic heterocycles. The van der Waals surface area contributed by atoms with Gasteiger partial charge in [-0.1, -0.05) is 15.9 Å². The molecule has 5 nitrogen and oxygen atoms in total. The molecule has 2 rings (SSSR count). The Morgan fingerprint density at radius 2 is 2.14 bits per heavy atom. The minimum Gasteiger partial charge on any atom is -0.496 e. The lowest BCUT2D eigenvalue weighted by Gasteiger charge is -2.32. The van der Waals surface area contributed by atoms with Gasteiger partial charge >= 0.3 is 0 Å². The first-order chi connectivity index (χ1) is 10.7. The second-order valence-electron chi connectivity index (χ2n) is 5.35. The highest BCUT2D eigenvalue weighted by molar-refractivity contribution is 9.10. The van der Waals surface area contributed by atoms with Gasteiger partial charge < -0.3 is 20.1 Å². The van der Waals surface area contributed by atoms with Crippen LogP contribution in [0.15, 0.2) is 22.7 Å². The average Bonchev–Trinajstić information content (AvgIpc) is 2.55. The Morgan fingerprint density at radius 1 is 1.41 bits per heavy atom. The lowest BCUT2D eigenvalue weighted by molar-refractivity contribution is 0.00838. The number of likely N-dealkylation sites (tertiary alicyclic amines) is 1. The molecule has 0 spiro atoms. The molecule has 0 radical (unpaired) electrons. The first-order valence-corrected chi connectivity index (χ1v) is 8.39. The number of nitrogens with two attached hydrogens (primary N) is 1. The van der Waals surface area contributed by atoms with Crippen molar-refractivity contribution in [2.24, 2.45) is 5.73 Å². The third-order valence-corrected chi connectivity index (χ3v) is 4.32. The van der Waals surface area contributed by atoms with Crippen LogP contribution in [0, 0.1) is 0 Å². The average molecular weight is 371 g/mol. The molecule has 0 aromatic heterocycles. The van der Waals surface area contributed by atoms with Crippen LogP contribution in [0.1, 0.15) is 29.6 Å². The van der Waals surface area contributed by atoms with Crippen molar-refractivity contribution in [3.8, 4) is 5.75 Å². The van der Waals surface area contributed by atoms with E-state index in [1.165, 1.54) is 0 Å². The number of rotatable bonds is 6. The van der Waals surface area contributed by atoms with E-state index in [2.05, 4.69) is 15.9 Å². The van der Waals surface area contributed by atoms with Crippen molar-refractivity contribution in [2.45, 2.75) is 25.4 Å². The van der Waals surface area contributed by atoms with E-state index in [1.807, 2.05) is 17.0 Å². The molecular weight excluding hydrogens is 348 g/mol. The standard InChI is InChI=1S/C16H23BrN2O3/c1-21-15-11-12(17)3-4-14(15)16(20)19-8-5-13(6-9-19)22-10-2-7-18/h3-4,11,13H,2,5-10,18H2,1H3. The Balaban J connectivity index is 1.92. The van der Waals surface area contributed by atoms with Crippen LogP contribution < -0.4 is 10.5 Å². The van der Waals surface area contributed by atoms with Crippen LogP contribution in [-0.4, -0.2) is 50.3 Å². The largest absolute Gasteiger partial charge is 0.496 e. The second-order valence-corrected chi connectivity index (χ2v) is 6.26. The zero-order valence-corrected chi connectivity index (χ0v) is 14.5. The maximum atomic E-state index is 12.6. The fraction of sp³-hybridized carbons (Fsp3) is 0.562. The highest BCUT2D eigenvalue weighted by atomic mass is 79.9. The molecule has 0 atom stereocenters. The van der Waals surface area contributed by atoms with Gasteiger partial charge in [0, 0.05) is 24.2 Å². The molecule has 1 amide bonds. The third-order valence-electron chi connectivity index (χ3n) is 3.83. The Hall–Kier alpha value is -1.11. The van der Waals surface area contributed by atoms with Crippen molar-refractivity contribution in [3.63, 3.8) is 0 Å². The van der Waals surface area contributed by atoms with Crippen molar-refractivity contribution < 1.29 is 14.3 Å². The molecule has 2 N–H and O–H groups in total. The van der Waals surface area contributed by atoms with Crippen molar-refractivity contribution in [1.82, 2.24) is 4.90 Å². The smallest absolute Gasteiger partial charge is 0.257 e. The van der Waals surface area contributed by atoms with E-state index in [4.69, 9.17) is 15.2 Å². The van der Waals surface area contributed by atoms with Crippen LogP contribution in [-0.2, 0) is 4.74 Å². The summed E-state index contributed by atoms with van der Waals surface area (Å²) in [6.07, 6.45) is 2.86.